The van der Waals surface area contributed by atoms with Crippen molar-refractivity contribution < 1.29 is 4.74 Å². The van der Waals surface area contributed by atoms with Gasteiger partial charge < -0.3 is 4.74 Å². The van der Waals surface area contributed by atoms with Crippen LogP contribution >= 0.6 is 12.6 Å². The van der Waals surface area contributed by atoms with Crippen LogP contribution in [0.15, 0.2) is 0 Å². The van der Waals surface area contributed by atoms with E-state index >= 15 is 0 Å². The molecule has 2 nitrogen and oxygen atoms in total. The van der Waals surface area contributed by atoms with Crippen LogP contribution in [0.3, 0.4) is 0 Å². The molecule has 1 fully saturated rings. The molecule has 1 saturated heterocycles. The summed E-state index contributed by atoms with van der Waals surface area (Å²) in [6.07, 6.45) is 1.15. The third kappa shape index (κ3) is 4.33. The molecule has 0 amide bonds. The molecule has 0 atom stereocenters. The molecule has 0 radical (unpaired) electrons. The van der Waals surface area contributed by atoms with Crippen LogP contribution in [-0.4, -0.2) is 42.5 Å². The second kappa shape index (κ2) is 4.49. The first-order valence-corrected chi connectivity index (χ1v) is 5.05. The Morgan fingerprint density at radius 1 is 1.33 bits per heavy atom. The minimum absolute atomic E-state index is 0.165. The fourth-order valence-electron chi connectivity index (χ4n) is 1.26. The van der Waals surface area contributed by atoms with Gasteiger partial charge in [-0.25, -0.2) is 0 Å². The summed E-state index contributed by atoms with van der Waals surface area (Å²) in [5.41, 5.74) is 0. The van der Waals surface area contributed by atoms with Gasteiger partial charge in [0.05, 0.1) is 13.2 Å². The van der Waals surface area contributed by atoms with Gasteiger partial charge in [-0.1, -0.05) is 13.8 Å². The van der Waals surface area contributed by atoms with Crippen LogP contribution in [0.4, 0.5) is 0 Å². The highest BCUT2D eigenvalue weighted by molar-refractivity contribution is 7.81. The maximum absolute atomic E-state index is 5.27. The predicted molar refractivity (Wildman–Crippen MR) is 54.9 cm³/mol. The van der Waals surface area contributed by atoms with E-state index in [2.05, 4.69) is 31.4 Å². The van der Waals surface area contributed by atoms with Crippen LogP contribution < -0.4 is 0 Å². The molecule has 0 saturated carbocycles. The van der Waals surface area contributed by atoms with Crippen LogP contribution in [0.1, 0.15) is 20.3 Å². The molecule has 1 rings (SSSR count). The van der Waals surface area contributed by atoms with E-state index in [1.54, 1.807) is 0 Å². The minimum atomic E-state index is 0.165. The average Bonchev–Trinajstić information content (AvgIpc) is 2.02. The second-order valence-corrected chi connectivity index (χ2v) is 5.23. The van der Waals surface area contributed by atoms with E-state index in [4.69, 9.17) is 4.74 Å². The first kappa shape index (κ1) is 10.4. The smallest absolute Gasteiger partial charge is 0.0594 e. The van der Waals surface area contributed by atoms with E-state index in [0.29, 0.717) is 0 Å². The second-order valence-electron chi connectivity index (χ2n) is 4.02. The SMILES string of the molecule is CC(C)(S)CCN1CCOCC1. The van der Waals surface area contributed by atoms with E-state index in [1.165, 1.54) is 0 Å². The first-order valence-electron chi connectivity index (χ1n) is 4.60. The molecule has 12 heavy (non-hydrogen) atoms. The molecule has 1 aliphatic heterocycles. The van der Waals surface area contributed by atoms with Gasteiger partial charge in [-0.15, -0.1) is 0 Å². The van der Waals surface area contributed by atoms with E-state index < -0.39 is 0 Å². The molecule has 1 heterocycles. The van der Waals surface area contributed by atoms with Crippen molar-refractivity contribution in [1.82, 2.24) is 4.90 Å². The predicted octanol–water partition coefficient (Wildman–Crippen LogP) is 1.42. The zero-order chi connectivity index (χ0) is 9.03. The van der Waals surface area contributed by atoms with Crippen molar-refractivity contribution in [3.63, 3.8) is 0 Å². The van der Waals surface area contributed by atoms with Crippen LogP contribution in [0.25, 0.3) is 0 Å². The van der Waals surface area contributed by atoms with Crippen molar-refractivity contribution in [2.24, 2.45) is 0 Å². The molecular weight excluding hydrogens is 170 g/mol. The molecule has 0 bridgehead atoms. The van der Waals surface area contributed by atoms with E-state index in [9.17, 15) is 0 Å². The third-order valence-electron chi connectivity index (χ3n) is 2.14. The van der Waals surface area contributed by atoms with Crippen molar-refractivity contribution in [3.05, 3.63) is 0 Å². The van der Waals surface area contributed by atoms with Crippen LogP contribution in [0.2, 0.25) is 0 Å². The average molecular weight is 189 g/mol. The van der Waals surface area contributed by atoms with Crippen molar-refractivity contribution in [3.8, 4) is 0 Å². The Kier molecular flexibility index (Phi) is 3.87. The third-order valence-corrected chi connectivity index (χ3v) is 2.37. The Labute approximate surface area is 80.7 Å². The van der Waals surface area contributed by atoms with Gasteiger partial charge >= 0.3 is 0 Å². The summed E-state index contributed by atoms with van der Waals surface area (Å²) >= 11 is 4.50. The van der Waals surface area contributed by atoms with Gasteiger partial charge in [0, 0.05) is 17.8 Å². The molecular formula is C9H19NOS. The Balaban J connectivity index is 2.13. The molecule has 0 N–H and O–H groups in total. The normalized spacial score (nSPS) is 21.2. The van der Waals surface area contributed by atoms with Gasteiger partial charge in [0.2, 0.25) is 0 Å². The number of morpholine rings is 1. The van der Waals surface area contributed by atoms with Gasteiger partial charge in [0.25, 0.3) is 0 Å². The minimum Gasteiger partial charge on any atom is -0.379 e. The lowest BCUT2D eigenvalue weighted by Gasteiger charge is -2.29. The molecule has 0 spiro atoms. The number of ether oxygens (including phenoxy) is 1. The summed E-state index contributed by atoms with van der Waals surface area (Å²) in [7, 11) is 0. The zero-order valence-electron chi connectivity index (χ0n) is 8.05. The lowest BCUT2D eigenvalue weighted by atomic mass is 10.1. The molecule has 3 heteroatoms. The summed E-state index contributed by atoms with van der Waals surface area (Å²) in [4.78, 5) is 2.45. The van der Waals surface area contributed by atoms with E-state index in [0.717, 1.165) is 39.3 Å². The molecule has 0 aromatic heterocycles. The Hall–Kier alpha value is 0.270. The number of rotatable bonds is 3. The first-order chi connectivity index (χ1) is 5.58. The van der Waals surface area contributed by atoms with Crippen LogP contribution in [0.5, 0.6) is 0 Å². The summed E-state index contributed by atoms with van der Waals surface area (Å²) in [6, 6.07) is 0. The number of thiol groups is 1. The summed E-state index contributed by atoms with van der Waals surface area (Å²) < 4.78 is 5.44. The molecule has 1 aliphatic rings. The van der Waals surface area contributed by atoms with Gasteiger partial charge in [-0.05, 0) is 13.0 Å². The van der Waals surface area contributed by atoms with Crippen LogP contribution in [0, 0.1) is 0 Å². The van der Waals surface area contributed by atoms with Crippen molar-refractivity contribution in [1.29, 1.82) is 0 Å². The maximum atomic E-state index is 5.27. The Bertz CT molecular complexity index is 127. The van der Waals surface area contributed by atoms with Crippen molar-refractivity contribution >= 4 is 12.6 Å². The molecule has 0 unspecified atom stereocenters. The lowest BCUT2D eigenvalue weighted by molar-refractivity contribution is 0.0365. The highest BCUT2D eigenvalue weighted by atomic mass is 32.1. The molecule has 0 aromatic carbocycles. The summed E-state index contributed by atoms with van der Waals surface area (Å²) in [5.74, 6) is 0. The number of nitrogens with zero attached hydrogens (tertiary/aromatic N) is 1. The van der Waals surface area contributed by atoms with E-state index in [-0.39, 0.29) is 4.75 Å². The Morgan fingerprint density at radius 3 is 2.42 bits per heavy atom. The number of hydrogen-bond donors (Lipinski definition) is 1. The summed E-state index contributed by atoms with van der Waals surface area (Å²) in [5, 5.41) is 0. The fourth-order valence-corrected chi connectivity index (χ4v) is 1.36. The molecule has 0 aliphatic carbocycles. The highest BCUT2D eigenvalue weighted by Crippen LogP contribution is 2.17. The van der Waals surface area contributed by atoms with Gasteiger partial charge in [-0.3, -0.25) is 4.90 Å². The fraction of sp³-hybridized carbons (Fsp3) is 1.00. The maximum Gasteiger partial charge on any atom is 0.0594 e. The van der Waals surface area contributed by atoms with Crippen molar-refractivity contribution in [2.75, 3.05) is 32.8 Å². The zero-order valence-corrected chi connectivity index (χ0v) is 8.94. The van der Waals surface area contributed by atoms with Crippen LogP contribution in [-0.2, 0) is 4.74 Å². The molecule has 0 aromatic rings. The topological polar surface area (TPSA) is 12.5 Å². The largest absolute Gasteiger partial charge is 0.379 e. The quantitative estimate of drug-likeness (QED) is 0.674. The Morgan fingerprint density at radius 2 is 1.92 bits per heavy atom. The standard InChI is InChI=1S/C9H19NOS/c1-9(2,12)3-4-10-5-7-11-8-6-10/h12H,3-8H2,1-2H3. The highest BCUT2D eigenvalue weighted by Gasteiger charge is 2.15. The van der Waals surface area contributed by atoms with Gasteiger partial charge in [0.15, 0.2) is 0 Å². The van der Waals surface area contributed by atoms with E-state index in [1.807, 2.05) is 0 Å². The van der Waals surface area contributed by atoms with Gasteiger partial charge in [-0.2, -0.15) is 12.6 Å². The summed E-state index contributed by atoms with van der Waals surface area (Å²) in [6.45, 7) is 9.45. The van der Waals surface area contributed by atoms with Gasteiger partial charge in [0.1, 0.15) is 0 Å². The van der Waals surface area contributed by atoms with Crippen molar-refractivity contribution in [2.45, 2.75) is 25.0 Å². The lowest BCUT2D eigenvalue weighted by Crippen LogP contribution is -2.38. The number of hydrogen-bond acceptors (Lipinski definition) is 3. The molecule has 72 valence electrons. The monoisotopic (exact) mass is 189 g/mol.